The smallest absolute Gasteiger partial charge is 1.00 e. The van der Waals surface area contributed by atoms with Gasteiger partial charge in [-0.3, -0.25) is 0 Å². The van der Waals surface area contributed by atoms with Crippen LogP contribution in [0.25, 0.3) is 0 Å². The zero-order valence-corrected chi connectivity index (χ0v) is 8.10. The molecule has 0 radical (unpaired) electrons. The van der Waals surface area contributed by atoms with Gasteiger partial charge in [0.25, 0.3) is 0 Å². The van der Waals surface area contributed by atoms with Crippen molar-refractivity contribution in [2.24, 2.45) is 0 Å². The third-order valence-electron chi connectivity index (χ3n) is 0.800. The minimum absolute atomic E-state index is 0. The molecule has 0 bridgehead atoms. The molecule has 0 aromatic heterocycles. The van der Waals surface area contributed by atoms with E-state index in [0.29, 0.717) is 0 Å². The molecule has 1 nitrogen and oxygen atoms in total. The fraction of sp³-hybridized carbons (Fsp3) is 0. The summed E-state index contributed by atoms with van der Waals surface area (Å²) in [5, 5.41) is 0. The van der Waals surface area contributed by atoms with Crippen LogP contribution in [-0.2, 0) is 0 Å². The number of anilines is 1. The molecule has 9 heavy (non-hydrogen) atoms. The molecule has 0 aliphatic carbocycles. The Morgan fingerprint density at radius 3 is 1.67 bits per heavy atom. The number of para-hydroxylation sites is 1. The van der Waals surface area contributed by atoms with Crippen molar-refractivity contribution < 1.29 is 42.0 Å². The monoisotopic (exact) mass is 151 g/mol. The Kier molecular flexibility index (Phi) is 8.60. The molecule has 0 unspecified atom stereocenters. The maximum atomic E-state index is 5.36. The van der Waals surface area contributed by atoms with Gasteiger partial charge in [0.15, 0.2) is 0 Å². The first-order chi connectivity index (χ1) is 3.39. The summed E-state index contributed by atoms with van der Waals surface area (Å²) in [4.78, 5) is 0. The molecule has 0 saturated carbocycles. The summed E-state index contributed by atoms with van der Waals surface area (Å²) in [6, 6.07) is 9.49. The molecule has 0 saturated heterocycles. The van der Waals surface area contributed by atoms with Crippen LogP contribution in [-0.4, -0.2) is 0 Å². The number of halogens is 1. The van der Waals surface area contributed by atoms with E-state index in [1.54, 1.807) is 0 Å². The van der Waals surface area contributed by atoms with Crippen molar-refractivity contribution in [3.63, 3.8) is 0 Å². The van der Waals surface area contributed by atoms with Crippen LogP contribution in [0.15, 0.2) is 30.3 Å². The molecule has 44 valence electrons. The Hall–Kier alpha value is 0.310. The van der Waals surface area contributed by atoms with Gasteiger partial charge in [-0.1, -0.05) is 18.2 Å². The maximum Gasteiger partial charge on any atom is 1.00 e. The second kappa shape index (κ2) is 6.43. The molecule has 1 aromatic rings. The summed E-state index contributed by atoms with van der Waals surface area (Å²) in [5.74, 6) is 0. The zero-order valence-electron chi connectivity index (χ0n) is 5.34. The van der Waals surface area contributed by atoms with Gasteiger partial charge in [-0.2, -0.15) is 0 Å². The van der Waals surface area contributed by atoms with Gasteiger partial charge in [0.2, 0.25) is 0 Å². The van der Waals surface area contributed by atoms with Crippen LogP contribution in [0.4, 0.5) is 5.69 Å². The van der Waals surface area contributed by atoms with Gasteiger partial charge in [-0.15, -0.1) is 0 Å². The summed E-state index contributed by atoms with van der Waals surface area (Å²) in [6.07, 6.45) is 0. The zero-order chi connectivity index (χ0) is 5.11. The van der Waals surface area contributed by atoms with Crippen LogP contribution < -0.4 is 47.7 Å². The van der Waals surface area contributed by atoms with Crippen molar-refractivity contribution in [1.82, 2.24) is 0 Å². The molecule has 0 atom stereocenters. The first kappa shape index (κ1) is 12.0. The van der Waals surface area contributed by atoms with Gasteiger partial charge >= 0.3 is 29.6 Å². The number of nitrogens with two attached hydrogens (primary N) is 1. The second-order valence-corrected chi connectivity index (χ2v) is 1.41. The number of hydrogen-bond donors (Lipinski definition) is 1. The number of hydrogen-bond acceptors (Lipinski definition) is 1. The summed E-state index contributed by atoms with van der Waals surface area (Å²) >= 11 is 0. The molecule has 3 heteroatoms. The Labute approximate surface area is 83.3 Å². The Morgan fingerprint density at radius 1 is 1.00 bits per heavy atom. The second-order valence-electron chi connectivity index (χ2n) is 1.41. The summed E-state index contributed by atoms with van der Waals surface area (Å²) in [7, 11) is 0. The van der Waals surface area contributed by atoms with Crippen molar-refractivity contribution in [3.8, 4) is 0 Å². The molecule has 0 amide bonds. The van der Waals surface area contributed by atoms with E-state index in [2.05, 4.69) is 0 Å². The van der Waals surface area contributed by atoms with Crippen LogP contribution in [0, 0.1) is 0 Å². The van der Waals surface area contributed by atoms with E-state index in [1.165, 1.54) is 0 Å². The largest absolute Gasteiger partial charge is 1.00 e. The van der Waals surface area contributed by atoms with Gasteiger partial charge in [0.1, 0.15) is 0 Å². The van der Waals surface area contributed by atoms with Crippen LogP contribution in [0.2, 0.25) is 0 Å². The average Bonchev–Trinajstić information content (AvgIpc) is 1.69. The molecule has 1 aromatic carbocycles. The Bertz CT molecular complexity index is 143. The van der Waals surface area contributed by atoms with E-state index >= 15 is 0 Å². The van der Waals surface area contributed by atoms with Gasteiger partial charge in [-0.25, -0.2) is 0 Å². The van der Waals surface area contributed by atoms with E-state index < -0.39 is 0 Å². The third kappa shape index (κ3) is 4.79. The van der Waals surface area contributed by atoms with Crippen LogP contribution >= 0.6 is 0 Å². The molecule has 1 rings (SSSR count). The summed E-state index contributed by atoms with van der Waals surface area (Å²) in [6.45, 7) is 0. The van der Waals surface area contributed by atoms with Crippen molar-refractivity contribution in [2.45, 2.75) is 0 Å². The SMILES string of the molecule is Nc1ccccc1.[Cl-].[Na+]. The third-order valence-corrected chi connectivity index (χ3v) is 0.800. The van der Waals surface area contributed by atoms with E-state index in [0.717, 1.165) is 5.69 Å². The predicted octanol–water partition coefficient (Wildman–Crippen LogP) is -4.72. The summed E-state index contributed by atoms with van der Waals surface area (Å²) in [5.41, 5.74) is 6.18. The van der Waals surface area contributed by atoms with Gasteiger partial charge in [-0.05, 0) is 12.1 Å². The molecule has 2 N–H and O–H groups in total. The van der Waals surface area contributed by atoms with Gasteiger partial charge in [0.05, 0.1) is 0 Å². The molecule has 0 aliphatic heterocycles. The number of benzene rings is 1. The molecule has 0 aliphatic rings. The Morgan fingerprint density at radius 2 is 1.44 bits per heavy atom. The van der Waals surface area contributed by atoms with Crippen LogP contribution in [0.1, 0.15) is 0 Å². The first-order valence-corrected chi connectivity index (χ1v) is 2.20. The van der Waals surface area contributed by atoms with E-state index in [9.17, 15) is 0 Å². The Balaban J connectivity index is 0. The molecule has 0 fully saturated rings. The van der Waals surface area contributed by atoms with Crippen LogP contribution in [0.5, 0.6) is 0 Å². The minimum atomic E-state index is 0. The quantitative estimate of drug-likeness (QED) is 0.293. The standard InChI is InChI=1S/C6H7N.ClH.Na/c7-6-4-2-1-3-5-6;;/h1-5H,7H2;1H;/q;;+1/p-1. The molecular weight excluding hydrogens is 145 g/mol. The molecule has 0 spiro atoms. The van der Waals surface area contributed by atoms with Crippen molar-refractivity contribution >= 4 is 5.69 Å². The molecule has 0 heterocycles. The predicted molar refractivity (Wildman–Crippen MR) is 30.9 cm³/mol. The van der Waals surface area contributed by atoms with E-state index in [1.807, 2.05) is 30.3 Å². The normalized spacial score (nSPS) is 6.67. The average molecular weight is 152 g/mol. The number of nitrogen functional groups attached to an aromatic ring is 1. The van der Waals surface area contributed by atoms with E-state index in [-0.39, 0.29) is 42.0 Å². The fourth-order valence-corrected chi connectivity index (χ4v) is 0.453. The topological polar surface area (TPSA) is 26.0 Å². The maximum absolute atomic E-state index is 5.36. The van der Waals surface area contributed by atoms with Crippen LogP contribution in [0.3, 0.4) is 0 Å². The van der Waals surface area contributed by atoms with E-state index in [4.69, 9.17) is 5.73 Å². The first-order valence-electron chi connectivity index (χ1n) is 2.20. The number of rotatable bonds is 0. The molecular formula is C6H7ClNNa. The summed E-state index contributed by atoms with van der Waals surface area (Å²) < 4.78 is 0. The van der Waals surface area contributed by atoms with Crippen molar-refractivity contribution in [1.29, 1.82) is 0 Å². The van der Waals surface area contributed by atoms with Crippen molar-refractivity contribution in [3.05, 3.63) is 30.3 Å². The fourth-order valence-electron chi connectivity index (χ4n) is 0.453. The minimum Gasteiger partial charge on any atom is -1.00 e. The van der Waals surface area contributed by atoms with Gasteiger partial charge in [0, 0.05) is 5.69 Å². The van der Waals surface area contributed by atoms with Crippen molar-refractivity contribution in [2.75, 3.05) is 5.73 Å². The van der Waals surface area contributed by atoms with Gasteiger partial charge < -0.3 is 18.1 Å².